The van der Waals surface area contributed by atoms with E-state index in [1.54, 1.807) is 0 Å². The lowest BCUT2D eigenvalue weighted by Gasteiger charge is -2.22. The van der Waals surface area contributed by atoms with E-state index in [1.165, 1.54) is 33.8 Å². The number of hydrogen-bond donors (Lipinski definition) is 0. The van der Waals surface area contributed by atoms with E-state index in [-0.39, 0.29) is 5.41 Å². The normalized spacial score (nSPS) is 16.6. The van der Waals surface area contributed by atoms with Crippen LogP contribution in [0.5, 0.6) is 0 Å². The van der Waals surface area contributed by atoms with Crippen molar-refractivity contribution in [3.05, 3.63) is 107 Å². The van der Waals surface area contributed by atoms with Gasteiger partial charge in [-0.15, -0.1) is 0 Å². The average molecular weight is 412 g/mol. The molecule has 0 amide bonds. The molecule has 1 heterocycles. The molecular formula is C30H37N. The number of rotatable bonds is 3. The number of para-hydroxylation sites is 1. The zero-order valence-electron chi connectivity index (χ0n) is 20.2. The Labute approximate surface area is 189 Å². The van der Waals surface area contributed by atoms with Gasteiger partial charge in [-0.2, -0.15) is 0 Å². The molecule has 0 radical (unpaired) electrons. The molecule has 1 nitrogen and oxygen atoms in total. The zero-order chi connectivity index (χ0) is 22.9. The fourth-order valence-corrected chi connectivity index (χ4v) is 3.89. The lowest BCUT2D eigenvalue weighted by atomic mass is 9.82. The van der Waals surface area contributed by atoms with Crippen LogP contribution in [0.15, 0.2) is 78.9 Å². The third kappa shape index (κ3) is 4.99. The van der Waals surface area contributed by atoms with Crippen LogP contribution < -0.4 is 0 Å². The Bertz CT molecular complexity index is 1030. The van der Waals surface area contributed by atoms with E-state index in [9.17, 15) is 0 Å². The molecule has 31 heavy (non-hydrogen) atoms. The molecule has 162 valence electrons. The minimum Gasteiger partial charge on any atom is -0.310 e. The molecule has 0 aliphatic heterocycles. The summed E-state index contributed by atoms with van der Waals surface area (Å²) in [5.74, 6) is 0. The predicted molar refractivity (Wildman–Crippen MR) is 140 cm³/mol. The summed E-state index contributed by atoms with van der Waals surface area (Å²) in [4.78, 5) is 0. The summed E-state index contributed by atoms with van der Waals surface area (Å²) in [5, 5.41) is 0. The number of nitrogens with zero attached hydrogens (tertiary/aromatic N) is 1. The molecule has 1 unspecified atom stereocenters. The SMILES string of the molecule is C/C=C\c1c(C)c2c(n1-c1ccccc1)C=CC(C)(c1ccccc1)C=C2.CC.CC. The van der Waals surface area contributed by atoms with Gasteiger partial charge in [0, 0.05) is 22.4 Å². The lowest BCUT2D eigenvalue weighted by Crippen LogP contribution is -2.14. The monoisotopic (exact) mass is 411 g/mol. The molecule has 0 saturated heterocycles. The number of fused-ring (bicyclic) bond motifs is 1. The number of hydrogen-bond acceptors (Lipinski definition) is 0. The fourth-order valence-electron chi connectivity index (χ4n) is 3.89. The Kier molecular flexibility index (Phi) is 8.88. The summed E-state index contributed by atoms with van der Waals surface area (Å²) < 4.78 is 2.36. The van der Waals surface area contributed by atoms with Gasteiger partial charge in [0.1, 0.15) is 0 Å². The third-order valence-corrected chi connectivity index (χ3v) is 5.46. The molecule has 1 aliphatic carbocycles. The van der Waals surface area contributed by atoms with E-state index >= 15 is 0 Å². The zero-order valence-corrected chi connectivity index (χ0v) is 20.2. The van der Waals surface area contributed by atoms with Crippen molar-refractivity contribution in [1.82, 2.24) is 4.57 Å². The van der Waals surface area contributed by atoms with Gasteiger partial charge in [0.25, 0.3) is 0 Å². The Balaban J connectivity index is 0.000000807. The smallest absolute Gasteiger partial charge is 0.0534 e. The number of allylic oxidation sites excluding steroid dienone is 3. The molecule has 1 aromatic heterocycles. The predicted octanol–water partition coefficient (Wildman–Crippen LogP) is 8.87. The lowest BCUT2D eigenvalue weighted by molar-refractivity contribution is 0.766. The molecule has 1 heteroatoms. The minimum absolute atomic E-state index is 0.116. The molecule has 0 fully saturated rings. The molecule has 4 rings (SSSR count). The van der Waals surface area contributed by atoms with Gasteiger partial charge < -0.3 is 4.57 Å². The maximum absolute atomic E-state index is 2.36. The standard InChI is InChI=1S/C26H25N.2C2H6/c1-4-11-24-20(2)23-16-18-26(3,21-12-7-5-8-13-21)19-17-25(23)27(24)22-14-9-6-10-15-22;2*1-2/h4-19H,1-3H3;2*1-2H3/b11-4-;;. The summed E-state index contributed by atoms with van der Waals surface area (Å²) in [6.07, 6.45) is 13.5. The summed E-state index contributed by atoms with van der Waals surface area (Å²) in [5.41, 5.74) is 7.47. The first kappa shape index (κ1) is 24.2. The van der Waals surface area contributed by atoms with E-state index in [0.717, 1.165) is 0 Å². The van der Waals surface area contributed by atoms with Gasteiger partial charge in [0.2, 0.25) is 0 Å². The fraction of sp³-hybridized carbons (Fsp3) is 0.267. The summed E-state index contributed by atoms with van der Waals surface area (Å²) >= 11 is 0. The van der Waals surface area contributed by atoms with Crippen LogP contribution in [0.2, 0.25) is 0 Å². The highest BCUT2D eigenvalue weighted by Gasteiger charge is 2.25. The van der Waals surface area contributed by atoms with Gasteiger partial charge in [-0.3, -0.25) is 0 Å². The van der Waals surface area contributed by atoms with Crippen LogP contribution in [0.4, 0.5) is 0 Å². The first-order valence-corrected chi connectivity index (χ1v) is 11.5. The summed E-state index contributed by atoms with van der Waals surface area (Å²) in [7, 11) is 0. The van der Waals surface area contributed by atoms with Crippen molar-refractivity contribution < 1.29 is 0 Å². The van der Waals surface area contributed by atoms with Crippen LogP contribution in [0.1, 0.15) is 69.6 Å². The van der Waals surface area contributed by atoms with Crippen LogP contribution in [0, 0.1) is 6.92 Å². The van der Waals surface area contributed by atoms with E-state index in [0.29, 0.717) is 0 Å². The van der Waals surface area contributed by atoms with Gasteiger partial charge in [-0.1, -0.05) is 101 Å². The molecule has 0 bridgehead atoms. The van der Waals surface area contributed by atoms with Gasteiger partial charge in [0.05, 0.1) is 5.69 Å². The van der Waals surface area contributed by atoms with E-state index in [4.69, 9.17) is 0 Å². The van der Waals surface area contributed by atoms with Crippen molar-refractivity contribution in [3.63, 3.8) is 0 Å². The minimum atomic E-state index is -0.116. The van der Waals surface area contributed by atoms with Crippen molar-refractivity contribution in [1.29, 1.82) is 0 Å². The Morgan fingerprint density at radius 1 is 0.774 bits per heavy atom. The summed E-state index contributed by atoms with van der Waals surface area (Å²) in [6, 6.07) is 21.3. The number of benzene rings is 2. The highest BCUT2D eigenvalue weighted by atomic mass is 15.0. The second-order valence-corrected chi connectivity index (χ2v) is 7.30. The Morgan fingerprint density at radius 2 is 1.32 bits per heavy atom. The van der Waals surface area contributed by atoms with Crippen LogP contribution in [0.3, 0.4) is 0 Å². The highest BCUT2D eigenvalue weighted by Crippen LogP contribution is 2.36. The van der Waals surface area contributed by atoms with Crippen LogP contribution in [-0.2, 0) is 5.41 Å². The van der Waals surface area contributed by atoms with Crippen molar-refractivity contribution >= 4 is 18.2 Å². The molecule has 0 N–H and O–H groups in total. The number of aromatic nitrogens is 1. The molecule has 0 spiro atoms. The van der Waals surface area contributed by atoms with Crippen molar-refractivity contribution in [2.75, 3.05) is 0 Å². The van der Waals surface area contributed by atoms with E-state index in [2.05, 4.69) is 122 Å². The van der Waals surface area contributed by atoms with Gasteiger partial charge >= 0.3 is 0 Å². The molecule has 1 aliphatic rings. The first-order chi connectivity index (χ1) is 15.1. The van der Waals surface area contributed by atoms with Crippen molar-refractivity contribution in [3.8, 4) is 5.69 Å². The maximum Gasteiger partial charge on any atom is 0.0534 e. The van der Waals surface area contributed by atoms with Crippen molar-refractivity contribution in [2.24, 2.45) is 0 Å². The largest absolute Gasteiger partial charge is 0.310 e. The molecule has 0 saturated carbocycles. The van der Waals surface area contributed by atoms with Crippen molar-refractivity contribution in [2.45, 2.75) is 53.9 Å². The quantitative estimate of drug-likeness (QED) is 0.405. The molecule has 1 atom stereocenters. The average Bonchev–Trinajstić information content (AvgIpc) is 2.98. The Morgan fingerprint density at radius 3 is 1.90 bits per heavy atom. The second kappa shape index (κ2) is 11.4. The van der Waals surface area contributed by atoms with Crippen LogP contribution >= 0.6 is 0 Å². The molecule has 3 aromatic rings. The van der Waals surface area contributed by atoms with Crippen LogP contribution in [-0.4, -0.2) is 4.57 Å². The van der Waals surface area contributed by atoms with Gasteiger partial charge in [-0.25, -0.2) is 0 Å². The van der Waals surface area contributed by atoms with E-state index < -0.39 is 0 Å². The summed E-state index contributed by atoms with van der Waals surface area (Å²) in [6.45, 7) is 14.6. The van der Waals surface area contributed by atoms with E-state index in [1.807, 2.05) is 27.7 Å². The van der Waals surface area contributed by atoms with Gasteiger partial charge in [0.15, 0.2) is 0 Å². The maximum atomic E-state index is 2.36. The topological polar surface area (TPSA) is 4.93 Å². The molecular weight excluding hydrogens is 374 g/mol. The Hall–Kier alpha value is -3.06. The highest BCUT2D eigenvalue weighted by molar-refractivity contribution is 5.77. The second-order valence-electron chi connectivity index (χ2n) is 7.30. The first-order valence-electron chi connectivity index (χ1n) is 11.5. The third-order valence-electron chi connectivity index (χ3n) is 5.46. The van der Waals surface area contributed by atoms with Crippen LogP contribution in [0.25, 0.3) is 23.9 Å². The van der Waals surface area contributed by atoms with Gasteiger partial charge in [-0.05, 0) is 56.2 Å². The molecule has 2 aromatic carbocycles.